The highest BCUT2D eigenvalue weighted by atomic mass is 16.5. The minimum atomic E-state index is -0.335. The van der Waals surface area contributed by atoms with Gasteiger partial charge in [0.05, 0.1) is 6.42 Å². The first-order valence-electron chi connectivity index (χ1n) is 6.57. The minimum absolute atomic E-state index is 0.194. The molecule has 21 heavy (non-hydrogen) atoms. The zero-order valence-corrected chi connectivity index (χ0v) is 11.2. The predicted molar refractivity (Wildman–Crippen MR) is 79.5 cm³/mol. The molecule has 4 nitrogen and oxygen atoms in total. The number of ether oxygens (including phenoxy) is 1. The first-order chi connectivity index (χ1) is 10.3. The molecule has 0 aliphatic rings. The Kier molecular flexibility index (Phi) is 3.51. The third-order valence-corrected chi connectivity index (χ3v) is 3.26. The second-order valence-electron chi connectivity index (χ2n) is 4.70. The van der Waals surface area contributed by atoms with Gasteiger partial charge in [-0.25, -0.2) is 0 Å². The van der Waals surface area contributed by atoms with Gasteiger partial charge in [-0.3, -0.25) is 9.59 Å². The molecule has 3 rings (SSSR count). The molecule has 0 bridgehead atoms. The summed E-state index contributed by atoms with van der Waals surface area (Å²) in [5.74, 6) is 0.101. The van der Waals surface area contributed by atoms with Gasteiger partial charge in [0.25, 0.3) is 0 Å². The summed E-state index contributed by atoms with van der Waals surface area (Å²) in [6.45, 7) is 0. The molecule has 4 heteroatoms. The summed E-state index contributed by atoms with van der Waals surface area (Å²) in [6.07, 6.45) is 2.76. The van der Waals surface area contributed by atoms with E-state index in [2.05, 4.69) is 4.98 Å². The van der Waals surface area contributed by atoms with Gasteiger partial charge in [-0.05, 0) is 35.9 Å². The number of benzene rings is 2. The number of rotatable bonds is 4. The van der Waals surface area contributed by atoms with Crippen LogP contribution in [0.4, 0.5) is 0 Å². The van der Waals surface area contributed by atoms with Crippen molar-refractivity contribution in [2.45, 2.75) is 6.42 Å². The zero-order chi connectivity index (χ0) is 14.7. The fraction of sp³-hybridized carbons (Fsp3) is 0.0588. The standard InChI is InChI=1S/C17H13NO3/c19-11-12-5-7-14(8-6-12)21-17(20)9-13-10-18-16-4-2-1-3-15(13)16/h1-8,10-11,18H,9H2. The monoisotopic (exact) mass is 279 g/mol. The molecule has 1 aromatic heterocycles. The number of esters is 1. The molecule has 0 fully saturated rings. The van der Waals surface area contributed by atoms with E-state index in [9.17, 15) is 9.59 Å². The number of carbonyl (C=O) groups is 2. The molecule has 0 saturated carbocycles. The summed E-state index contributed by atoms with van der Waals surface area (Å²) in [5, 5.41) is 1.02. The molecule has 104 valence electrons. The van der Waals surface area contributed by atoms with E-state index in [-0.39, 0.29) is 12.4 Å². The fourth-order valence-corrected chi connectivity index (χ4v) is 2.22. The van der Waals surface area contributed by atoms with Crippen molar-refractivity contribution in [3.05, 3.63) is 65.9 Å². The highest BCUT2D eigenvalue weighted by Crippen LogP contribution is 2.19. The van der Waals surface area contributed by atoms with E-state index >= 15 is 0 Å². The molecule has 0 aliphatic carbocycles. The number of aromatic amines is 1. The van der Waals surface area contributed by atoms with Crippen LogP contribution in [-0.4, -0.2) is 17.2 Å². The van der Waals surface area contributed by atoms with E-state index in [4.69, 9.17) is 4.74 Å². The Labute approximate surface area is 121 Å². The zero-order valence-electron chi connectivity index (χ0n) is 11.2. The van der Waals surface area contributed by atoms with Crippen molar-refractivity contribution in [1.82, 2.24) is 4.98 Å². The van der Waals surface area contributed by atoms with Gasteiger partial charge >= 0.3 is 5.97 Å². The van der Waals surface area contributed by atoms with Gasteiger partial charge in [-0.15, -0.1) is 0 Å². The number of hydrogen-bond donors (Lipinski definition) is 1. The van der Waals surface area contributed by atoms with Crippen LogP contribution in [0.25, 0.3) is 10.9 Å². The van der Waals surface area contributed by atoms with Crippen molar-refractivity contribution in [3.8, 4) is 5.75 Å². The number of nitrogens with one attached hydrogen (secondary N) is 1. The Hall–Kier alpha value is -2.88. The van der Waals surface area contributed by atoms with Gasteiger partial charge in [0.1, 0.15) is 12.0 Å². The van der Waals surface area contributed by atoms with E-state index in [1.807, 2.05) is 30.5 Å². The average Bonchev–Trinajstić information content (AvgIpc) is 2.91. The molecule has 0 radical (unpaired) electrons. The van der Waals surface area contributed by atoms with E-state index in [1.54, 1.807) is 24.3 Å². The van der Waals surface area contributed by atoms with Crippen LogP contribution in [0.5, 0.6) is 5.75 Å². The number of hydrogen-bond acceptors (Lipinski definition) is 3. The Morgan fingerprint density at radius 3 is 2.62 bits per heavy atom. The third kappa shape index (κ3) is 2.84. The largest absolute Gasteiger partial charge is 0.426 e. The van der Waals surface area contributed by atoms with Crippen molar-refractivity contribution < 1.29 is 14.3 Å². The highest BCUT2D eigenvalue weighted by molar-refractivity contribution is 5.87. The van der Waals surface area contributed by atoms with E-state index < -0.39 is 0 Å². The topological polar surface area (TPSA) is 59.2 Å². The molecule has 0 unspecified atom stereocenters. The lowest BCUT2D eigenvalue weighted by Gasteiger charge is -2.04. The summed E-state index contributed by atoms with van der Waals surface area (Å²) < 4.78 is 5.27. The number of para-hydroxylation sites is 1. The molecular weight excluding hydrogens is 266 g/mol. The van der Waals surface area contributed by atoms with Gasteiger partial charge in [-0.2, -0.15) is 0 Å². The third-order valence-electron chi connectivity index (χ3n) is 3.26. The average molecular weight is 279 g/mol. The quantitative estimate of drug-likeness (QED) is 0.453. The highest BCUT2D eigenvalue weighted by Gasteiger charge is 2.10. The number of aldehydes is 1. The predicted octanol–water partition coefficient (Wildman–Crippen LogP) is 3.13. The normalized spacial score (nSPS) is 10.5. The summed E-state index contributed by atoms with van der Waals surface area (Å²) in [5.41, 5.74) is 2.45. The Balaban J connectivity index is 1.72. The van der Waals surface area contributed by atoms with E-state index in [0.29, 0.717) is 11.3 Å². The summed E-state index contributed by atoms with van der Waals surface area (Å²) in [4.78, 5) is 25.7. The van der Waals surface area contributed by atoms with Gasteiger partial charge in [-0.1, -0.05) is 18.2 Å². The molecule has 0 saturated heterocycles. The van der Waals surface area contributed by atoms with Crippen molar-refractivity contribution in [3.63, 3.8) is 0 Å². The lowest BCUT2D eigenvalue weighted by atomic mass is 10.1. The molecule has 0 spiro atoms. The Morgan fingerprint density at radius 1 is 1.10 bits per heavy atom. The van der Waals surface area contributed by atoms with E-state index in [1.165, 1.54) is 0 Å². The van der Waals surface area contributed by atoms with Gasteiger partial charge in [0, 0.05) is 22.7 Å². The second-order valence-corrected chi connectivity index (χ2v) is 4.70. The van der Waals surface area contributed by atoms with Gasteiger partial charge in [0.2, 0.25) is 0 Å². The SMILES string of the molecule is O=Cc1ccc(OC(=O)Cc2c[nH]c3ccccc23)cc1. The van der Waals surface area contributed by atoms with Crippen molar-refractivity contribution in [2.24, 2.45) is 0 Å². The summed E-state index contributed by atoms with van der Waals surface area (Å²) in [6, 6.07) is 14.2. The molecule has 0 amide bonds. The molecule has 1 N–H and O–H groups in total. The van der Waals surface area contributed by atoms with Crippen LogP contribution in [-0.2, 0) is 11.2 Å². The van der Waals surface area contributed by atoms with Gasteiger partial charge in [0.15, 0.2) is 0 Å². The van der Waals surface area contributed by atoms with Crippen molar-refractivity contribution >= 4 is 23.2 Å². The van der Waals surface area contributed by atoms with Crippen LogP contribution in [0.15, 0.2) is 54.7 Å². The molecule has 0 atom stereocenters. The van der Waals surface area contributed by atoms with Gasteiger partial charge < -0.3 is 9.72 Å². The lowest BCUT2D eigenvalue weighted by molar-refractivity contribution is -0.133. The van der Waals surface area contributed by atoms with Crippen LogP contribution in [0.3, 0.4) is 0 Å². The lowest BCUT2D eigenvalue weighted by Crippen LogP contribution is -2.10. The minimum Gasteiger partial charge on any atom is -0.426 e. The maximum atomic E-state index is 12.0. The fourth-order valence-electron chi connectivity index (χ4n) is 2.22. The maximum Gasteiger partial charge on any atom is 0.315 e. The van der Waals surface area contributed by atoms with Crippen molar-refractivity contribution in [2.75, 3.05) is 0 Å². The van der Waals surface area contributed by atoms with Crippen LogP contribution in [0, 0.1) is 0 Å². The van der Waals surface area contributed by atoms with Crippen LogP contribution in [0.1, 0.15) is 15.9 Å². The molecule has 0 aliphatic heterocycles. The smallest absolute Gasteiger partial charge is 0.315 e. The molecule has 2 aromatic carbocycles. The van der Waals surface area contributed by atoms with Crippen LogP contribution < -0.4 is 4.74 Å². The summed E-state index contributed by atoms with van der Waals surface area (Å²) in [7, 11) is 0. The maximum absolute atomic E-state index is 12.0. The van der Waals surface area contributed by atoms with Crippen molar-refractivity contribution in [1.29, 1.82) is 0 Å². The molecule has 3 aromatic rings. The first kappa shape index (κ1) is 13.1. The first-order valence-corrected chi connectivity index (χ1v) is 6.57. The number of carbonyl (C=O) groups excluding carboxylic acids is 2. The number of H-pyrrole nitrogens is 1. The Bertz CT molecular complexity index is 787. The molecular formula is C17H13NO3. The number of fused-ring (bicyclic) bond motifs is 1. The van der Waals surface area contributed by atoms with Crippen LogP contribution in [0.2, 0.25) is 0 Å². The Morgan fingerprint density at radius 2 is 1.86 bits per heavy atom. The summed E-state index contributed by atoms with van der Waals surface area (Å²) >= 11 is 0. The second kappa shape index (κ2) is 5.63. The number of aromatic nitrogens is 1. The van der Waals surface area contributed by atoms with Crippen LogP contribution >= 0.6 is 0 Å². The van der Waals surface area contributed by atoms with E-state index in [0.717, 1.165) is 22.8 Å². The molecule has 1 heterocycles.